The second-order valence-electron chi connectivity index (χ2n) is 9.58. The van der Waals surface area contributed by atoms with Crippen LogP contribution in [0, 0.1) is 0 Å². The number of carbonyl (C=O) groups is 4. The highest BCUT2D eigenvalue weighted by atomic mass is 35.6. The van der Waals surface area contributed by atoms with Crippen molar-refractivity contribution in [1.29, 1.82) is 0 Å². The number of ether oxygens (including phenoxy) is 2. The van der Waals surface area contributed by atoms with Crippen molar-refractivity contribution in [3.05, 3.63) is 0 Å². The van der Waals surface area contributed by atoms with Crippen LogP contribution in [-0.4, -0.2) is 76.6 Å². The van der Waals surface area contributed by atoms with E-state index in [1.165, 1.54) is 76.0 Å². The average molecular weight is 650 g/mol. The highest BCUT2D eigenvalue weighted by Gasteiger charge is 2.35. The number of hydrogen-bond acceptors (Lipinski definition) is 8. The van der Waals surface area contributed by atoms with Gasteiger partial charge in [-0.2, -0.15) is 11.8 Å². The number of thioether (sulfide) groups is 1. The molecule has 2 atom stereocenters. The number of aliphatic hydroxyl groups excluding tert-OH is 1. The molecular weight excluding hydrogens is 603 g/mol. The van der Waals surface area contributed by atoms with Crippen LogP contribution in [-0.2, 0) is 28.7 Å². The number of rotatable bonds is 24. The zero-order valence-electron chi connectivity index (χ0n) is 23.8. The topological polar surface area (TPSA) is 131 Å². The standard InChI is InChI=1S/C27H47Cl3N2O7S/c1-3-4-5-6-7-8-9-10-11-12-13-14-15-16-23(34)39-17-18-40-20-22(32-26(37)27(28,29)30)24(35)31-21(19-33)25(36)38-2/h21-22,33H,3-20H2,1-2H3,(H,31,35)(H,32,37). The summed E-state index contributed by atoms with van der Waals surface area (Å²) in [4.78, 5) is 48.3. The van der Waals surface area contributed by atoms with Gasteiger partial charge in [-0.25, -0.2) is 4.79 Å². The van der Waals surface area contributed by atoms with Gasteiger partial charge < -0.3 is 25.2 Å². The average Bonchev–Trinajstić information content (AvgIpc) is 2.92. The van der Waals surface area contributed by atoms with Gasteiger partial charge in [0.05, 0.1) is 13.7 Å². The lowest BCUT2D eigenvalue weighted by atomic mass is 10.0. The fraction of sp³-hybridized carbons (Fsp3) is 0.852. The van der Waals surface area contributed by atoms with Gasteiger partial charge in [0.15, 0.2) is 6.04 Å². The molecule has 0 aromatic rings. The van der Waals surface area contributed by atoms with E-state index in [9.17, 15) is 24.3 Å². The maximum Gasteiger partial charge on any atom is 0.330 e. The lowest BCUT2D eigenvalue weighted by Crippen LogP contribution is -2.55. The molecule has 0 aliphatic heterocycles. The Morgan fingerprint density at radius 1 is 0.825 bits per heavy atom. The number of esters is 2. The van der Waals surface area contributed by atoms with Gasteiger partial charge in [0.1, 0.15) is 12.6 Å². The molecule has 0 heterocycles. The predicted octanol–water partition coefficient (Wildman–Crippen LogP) is 5.25. The van der Waals surface area contributed by atoms with Crippen LogP contribution < -0.4 is 10.6 Å². The van der Waals surface area contributed by atoms with Crippen molar-refractivity contribution < 1.29 is 33.8 Å². The molecule has 0 bridgehead atoms. The van der Waals surface area contributed by atoms with E-state index in [1.54, 1.807) is 0 Å². The number of methoxy groups -OCH3 is 1. The van der Waals surface area contributed by atoms with Crippen molar-refractivity contribution in [2.75, 3.05) is 31.8 Å². The highest BCUT2D eigenvalue weighted by molar-refractivity contribution is 7.99. The first-order chi connectivity index (χ1) is 19.1. The smallest absolute Gasteiger partial charge is 0.330 e. The summed E-state index contributed by atoms with van der Waals surface area (Å²) in [6.45, 7) is 1.67. The number of carbonyl (C=O) groups excluding carboxylic acids is 4. The first-order valence-electron chi connectivity index (χ1n) is 14.2. The molecule has 0 aliphatic carbocycles. The zero-order valence-corrected chi connectivity index (χ0v) is 26.9. The quantitative estimate of drug-likeness (QED) is 0.0735. The molecule has 2 amide bonds. The summed E-state index contributed by atoms with van der Waals surface area (Å²) in [5, 5.41) is 13.9. The second kappa shape index (κ2) is 24.6. The third kappa shape index (κ3) is 20.9. The highest BCUT2D eigenvalue weighted by Crippen LogP contribution is 2.26. The van der Waals surface area contributed by atoms with Gasteiger partial charge in [-0.05, 0) is 6.42 Å². The molecule has 0 saturated heterocycles. The molecule has 3 N–H and O–H groups in total. The molecule has 2 unspecified atom stereocenters. The van der Waals surface area contributed by atoms with Crippen LogP contribution in [0.1, 0.15) is 96.8 Å². The van der Waals surface area contributed by atoms with E-state index in [4.69, 9.17) is 39.5 Å². The van der Waals surface area contributed by atoms with Crippen LogP contribution in [0.2, 0.25) is 0 Å². The second-order valence-corrected chi connectivity index (χ2v) is 13.0. The minimum atomic E-state index is -2.30. The van der Waals surface area contributed by atoms with Crippen molar-refractivity contribution in [1.82, 2.24) is 10.6 Å². The first-order valence-corrected chi connectivity index (χ1v) is 16.5. The van der Waals surface area contributed by atoms with Crippen molar-refractivity contribution in [3.8, 4) is 0 Å². The third-order valence-electron chi connectivity index (χ3n) is 6.12. The Labute approximate surface area is 258 Å². The van der Waals surface area contributed by atoms with Crippen molar-refractivity contribution >= 4 is 70.3 Å². The largest absolute Gasteiger partial charge is 0.467 e. The summed E-state index contributed by atoms with van der Waals surface area (Å²) < 4.78 is 7.46. The van der Waals surface area contributed by atoms with Gasteiger partial charge in [0.2, 0.25) is 5.91 Å². The number of alkyl halides is 3. The van der Waals surface area contributed by atoms with Gasteiger partial charge in [0, 0.05) is 17.9 Å². The van der Waals surface area contributed by atoms with Gasteiger partial charge in [-0.3, -0.25) is 14.4 Å². The molecule has 0 rings (SSSR count). The molecule has 0 aliphatic rings. The first kappa shape index (κ1) is 39.1. The number of unbranched alkanes of at least 4 members (excludes halogenated alkanes) is 12. The number of amides is 2. The normalized spacial score (nSPS) is 12.8. The van der Waals surface area contributed by atoms with Crippen molar-refractivity contribution in [2.24, 2.45) is 0 Å². The molecule has 40 heavy (non-hydrogen) atoms. The molecule has 0 fully saturated rings. The van der Waals surface area contributed by atoms with Crippen molar-refractivity contribution in [2.45, 2.75) is 113 Å². The van der Waals surface area contributed by atoms with Crippen LogP contribution in [0.3, 0.4) is 0 Å². The third-order valence-corrected chi connectivity index (χ3v) is 7.66. The van der Waals surface area contributed by atoms with Crippen LogP contribution >= 0.6 is 46.6 Å². The molecular formula is C27H47Cl3N2O7S. The fourth-order valence-electron chi connectivity index (χ4n) is 3.79. The number of hydrogen-bond donors (Lipinski definition) is 3. The Morgan fingerprint density at radius 3 is 1.82 bits per heavy atom. The van der Waals surface area contributed by atoms with Crippen LogP contribution in [0.5, 0.6) is 0 Å². The molecule has 13 heteroatoms. The van der Waals surface area contributed by atoms with E-state index in [0.29, 0.717) is 12.2 Å². The monoisotopic (exact) mass is 648 g/mol. The number of halogens is 3. The van der Waals surface area contributed by atoms with Gasteiger partial charge >= 0.3 is 11.9 Å². The fourth-order valence-corrected chi connectivity index (χ4v) is 4.79. The van der Waals surface area contributed by atoms with Gasteiger partial charge in [0.25, 0.3) is 9.70 Å². The zero-order chi connectivity index (χ0) is 30.2. The van der Waals surface area contributed by atoms with Crippen molar-refractivity contribution in [3.63, 3.8) is 0 Å². The Kier molecular flexibility index (Phi) is 24.1. The summed E-state index contributed by atoms with van der Waals surface area (Å²) in [5.41, 5.74) is 0. The minimum absolute atomic E-state index is 0.0358. The van der Waals surface area contributed by atoms with E-state index >= 15 is 0 Å². The van der Waals surface area contributed by atoms with Gasteiger partial charge in [-0.15, -0.1) is 0 Å². The molecule has 0 radical (unpaired) electrons. The lowest BCUT2D eigenvalue weighted by molar-refractivity contribution is -0.146. The summed E-state index contributed by atoms with van der Waals surface area (Å²) >= 11 is 18.0. The maximum absolute atomic E-state index is 12.6. The number of aliphatic hydroxyl groups is 1. The van der Waals surface area contributed by atoms with E-state index in [2.05, 4.69) is 22.3 Å². The summed E-state index contributed by atoms with van der Waals surface area (Å²) in [6.07, 6.45) is 16.4. The Morgan fingerprint density at radius 2 is 1.35 bits per heavy atom. The molecule has 0 aromatic carbocycles. The van der Waals surface area contributed by atoms with E-state index < -0.39 is 40.3 Å². The van der Waals surface area contributed by atoms with Crippen LogP contribution in [0.4, 0.5) is 0 Å². The summed E-state index contributed by atoms with van der Waals surface area (Å²) in [5.74, 6) is -2.54. The van der Waals surface area contributed by atoms with Gasteiger partial charge in [-0.1, -0.05) is 119 Å². The molecule has 9 nitrogen and oxygen atoms in total. The number of nitrogens with one attached hydrogen (secondary N) is 2. The predicted molar refractivity (Wildman–Crippen MR) is 162 cm³/mol. The Hall–Kier alpha value is -0.940. The molecule has 0 spiro atoms. The summed E-state index contributed by atoms with van der Waals surface area (Å²) in [7, 11) is 1.11. The molecule has 0 saturated carbocycles. The van der Waals surface area contributed by atoms with Crippen LogP contribution in [0.25, 0.3) is 0 Å². The molecule has 234 valence electrons. The van der Waals surface area contributed by atoms with E-state index in [0.717, 1.165) is 26.4 Å². The van der Waals surface area contributed by atoms with E-state index in [1.807, 2.05) is 0 Å². The van der Waals surface area contributed by atoms with Crippen LogP contribution in [0.15, 0.2) is 0 Å². The Bertz CT molecular complexity index is 727. The SMILES string of the molecule is CCCCCCCCCCCCCCCC(=O)OCCSCC(NC(=O)C(Cl)(Cl)Cl)C(=O)NC(CO)C(=O)OC. The minimum Gasteiger partial charge on any atom is -0.467 e. The summed E-state index contributed by atoms with van der Waals surface area (Å²) in [6, 6.07) is -2.51. The molecule has 0 aromatic heterocycles. The Balaban J connectivity index is 4.14. The van der Waals surface area contributed by atoms with E-state index in [-0.39, 0.29) is 18.3 Å². The lowest BCUT2D eigenvalue weighted by Gasteiger charge is -2.22. The maximum atomic E-state index is 12.6.